The molecule has 0 N–H and O–H groups in total. The maximum absolute atomic E-state index is 13.9. The average molecular weight is 359 g/mol. The van der Waals surface area contributed by atoms with Gasteiger partial charge in [-0.1, -0.05) is 18.2 Å². The van der Waals surface area contributed by atoms with Crippen molar-refractivity contribution in [2.24, 2.45) is 0 Å². The number of esters is 1. The number of carbonyl (C=O) groups is 1. The van der Waals surface area contributed by atoms with E-state index in [-0.39, 0.29) is 28.8 Å². The molecule has 3 aromatic rings. The van der Waals surface area contributed by atoms with Crippen LogP contribution in [0.4, 0.5) is 4.39 Å². The van der Waals surface area contributed by atoms with Crippen LogP contribution in [-0.2, 0) is 11.2 Å². The monoisotopic (exact) mass is 358 g/mol. The van der Waals surface area contributed by atoms with Gasteiger partial charge in [-0.2, -0.15) is 0 Å². The number of fused-ring (bicyclic) bond motifs is 1. The summed E-state index contributed by atoms with van der Waals surface area (Å²) in [5, 5.41) is -0.0281. The molecule has 126 valence electrons. The van der Waals surface area contributed by atoms with Crippen LogP contribution in [0.3, 0.4) is 0 Å². The molecule has 0 fully saturated rings. The molecule has 0 saturated heterocycles. The topological polar surface area (TPSA) is 65.2 Å². The molecule has 4 rings (SSSR count). The third-order valence-corrected chi connectivity index (χ3v) is 4.17. The zero-order chi connectivity index (χ0) is 17.6. The normalized spacial score (nSPS) is 16.0. The molecule has 25 heavy (non-hydrogen) atoms. The van der Waals surface area contributed by atoms with Gasteiger partial charge in [0.15, 0.2) is 5.76 Å². The number of hydrogen-bond donors (Lipinski definition) is 0. The Kier molecular flexibility index (Phi) is 3.77. The molecule has 5 nitrogen and oxygen atoms in total. The lowest BCUT2D eigenvalue weighted by Crippen LogP contribution is -2.06. The van der Waals surface area contributed by atoms with Gasteiger partial charge in [0, 0.05) is 6.42 Å². The lowest BCUT2D eigenvalue weighted by molar-refractivity contribution is 0.0381. The van der Waals surface area contributed by atoms with E-state index < -0.39 is 12.1 Å². The highest BCUT2D eigenvalue weighted by molar-refractivity contribution is 6.28. The highest BCUT2D eigenvalue weighted by Crippen LogP contribution is 2.38. The SMILES string of the molecule is Cc1ccc(-c2nc(Cl)nc3c2C(=O)OC3Cc2ccccc2F)o1. The molecular formula is C18H12ClFN2O3. The average Bonchev–Trinajstić information content (AvgIpc) is 3.13. The first-order valence-electron chi connectivity index (χ1n) is 7.61. The second kappa shape index (κ2) is 5.97. The number of aryl methyl sites for hydroxylation is 1. The first-order valence-corrected chi connectivity index (χ1v) is 7.99. The third kappa shape index (κ3) is 2.78. The highest BCUT2D eigenvalue weighted by Gasteiger charge is 2.37. The van der Waals surface area contributed by atoms with Crippen LogP contribution in [0.25, 0.3) is 11.5 Å². The summed E-state index contributed by atoms with van der Waals surface area (Å²) in [5.74, 6) is 0.139. The number of carbonyl (C=O) groups excluding carboxylic acids is 1. The summed E-state index contributed by atoms with van der Waals surface area (Å²) >= 11 is 6.03. The number of aromatic nitrogens is 2. The van der Waals surface area contributed by atoms with Gasteiger partial charge in [0.25, 0.3) is 0 Å². The number of hydrogen-bond acceptors (Lipinski definition) is 5. The van der Waals surface area contributed by atoms with Gasteiger partial charge in [-0.3, -0.25) is 0 Å². The fourth-order valence-corrected chi connectivity index (χ4v) is 3.05. The van der Waals surface area contributed by atoms with E-state index in [0.29, 0.717) is 22.8 Å². The summed E-state index contributed by atoms with van der Waals surface area (Å²) < 4.78 is 24.9. The standard InChI is InChI=1S/C18H12ClFN2O3/c1-9-6-7-12(24-9)15-14-16(22-18(19)21-15)13(25-17(14)23)8-10-4-2-3-5-11(10)20/h2-7,13H,8H2,1H3. The Balaban J connectivity index is 1.79. The minimum Gasteiger partial charge on any atom is -0.460 e. The summed E-state index contributed by atoms with van der Waals surface area (Å²) in [4.78, 5) is 20.7. The first kappa shape index (κ1) is 15.8. The molecular weight excluding hydrogens is 347 g/mol. The van der Waals surface area contributed by atoms with E-state index in [1.54, 1.807) is 37.3 Å². The predicted octanol–water partition coefficient (Wildman–Crippen LogP) is 4.29. The quantitative estimate of drug-likeness (QED) is 0.516. The van der Waals surface area contributed by atoms with E-state index in [2.05, 4.69) is 9.97 Å². The molecule has 1 atom stereocenters. The van der Waals surface area contributed by atoms with E-state index in [0.717, 1.165) is 0 Å². The largest absolute Gasteiger partial charge is 0.460 e. The van der Waals surface area contributed by atoms with Crippen molar-refractivity contribution in [3.8, 4) is 11.5 Å². The second-order valence-electron chi connectivity index (χ2n) is 5.70. The smallest absolute Gasteiger partial charge is 0.343 e. The summed E-state index contributed by atoms with van der Waals surface area (Å²) in [6.45, 7) is 1.78. The number of ether oxygens (including phenoxy) is 1. The molecule has 7 heteroatoms. The van der Waals surface area contributed by atoms with Crippen molar-refractivity contribution in [1.29, 1.82) is 0 Å². The van der Waals surface area contributed by atoms with Crippen LogP contribution < -0.4 is 0 Å². The van der Waals surface area contributed by atoms with Crippen LogP contribution in [0.5, 0.6) is 0 Å². The van der Waals surface area contributed by atoms with Gasteiger partial charge in [0.05, 0.1) is 0 Å². The molecule has 1 aromatic carbocycles. The van der Waals surface area contributed by atoms with Crippen LogP contribution >= 0.6 is 11.6 Å². The maximum Gasteiger partial charge on any atom is 0.343 e. The molecule has 0 saturated carbocycles. The van der Waals surface area contributed by atoms with Crippen molar-refractivity contribution < 1.29 is 18.3 Å². The van der Waals surface area contributed by atoms with E-state index in [4.69, 9.17) is 20.8 Å². The van der Waals surface area contributed by atoms with E-state index >= 15 is 0 Å². The number of furan rings is 1. The molecule has 1 aliphatic heterocycles. The van der Waals surface area contributed by atoms with E-state index in [1.165, 1.54) is 6.07 Å². The number of benzene rings is 1. The molecule has 0 amide bonds. The van der Waals surface area contributed by atoms with Gasteiger partial charge in [-0.05, 0) is 42.3 Å². The number of rotatable bonds is 3. The minimum absolute atomic E-state index is 0.0281. The molecule has 1 aliphatic rings. The van der Waals surface area contributed by atoms with Gasteiger partial charge < -0.3 is 9.15 Å². The van der Waals surface area contributed by atoms with Crippen LogP contribution in [0.15, 0.2) is 40.8 Å². The zero-order valence-corrected chi connectivity index (χ0v) is 13.9. The second-order valence-corrected chi connectivity index (χ2v) is 6.04. The third-order valence-electron chi connectivity index (χ3n) is 4.01. The predicted molar refractivity (Wildman–Crippen MR) is 87.7 cm³/mol. The van der Waals surface area contributed by atoms with Crippen molar-refractivity contribution in [2.45, 2.75) is 19.4 Å². The number of cyclic esters (lactones) is 1. The van der Waals surface area contributed by atoms with Crippen LogP contribution in [0.1, 0.15) is 33.5 Å². The highest BCUT2D eigenvalue weighted by atomic mass is 35.5. The molecule has 2 aromatic heterocycles. The Labute approximate surface area is 147 Å². The van der Waals surface area contributed by atoms with Gasteiger partial charge in [0.1, 0.15) is 34.6 Å². The molecule has 0 radical (unpaired) electrons. The van der Waals surface area contributed by atoms with Crippen molar-refractivity contribution in [3.63, 3.8) is 0 Å². The lowest BCUT2D eigenvalue weighted by atomic mass is 10.0. The summed E-state index contributed by atoms with van der Waals surface area (Å²) in [7, 11) is 0. The van der Waals surface area contributed by atoms with Crippen LogP contribution in [-0.4, -0.2) is 15.9 Å². The van der Waals surface area contributed by atoms with Crippen molar-refractivity contribution >= 4 is 17.6 Å². The maximum atomic E-state index is 13.9. The van der Waals surface area contributed by atoms with Gasteiger partial charge in [-0.25, -0.2) is 19.2 Å². The van der Waals surface area contributed by atoms with Gasteiger partial charge in [0.2, 0.25) is 5.28 Å². The Bertz CT molecular complexity index is 986. The van der Waals surface area contributed by atoms with Gasteiger partial charge >= 0.3 is 5.97 Å². The van der Waals surface area contributed by atoms with Gasteiger partial charge in [-0.15, -0.1) is 0 Å². The van der Waals surface area contributed by atoms with Crippen LogP contribution in [0.2, 0.25) is 5.28 Å². The fourth-order valence-electron chi connectivity index (χ4n) is 2.87. The first-order chi connectivity index (χ1) is 12.0. The van der Waals surface area contributed by atoms with Crippen LogP contribution in [0, 0.1) is 12.7 Å². The minimum atomic E-state index is -0.727. The van der Waals surface area contributed by atoms with E-state index in [1.807, 2.05) is 0 Å². The Morgan fingerprint density at radius 2 is 2.00 bits per heavy atom. The zero-order valence-electron chi connectivity index (χ0n) is 13.1. The molecule has 0 bridgehead atoms. The fraction of sp³-hybridized carbons (Fsp3) is 0.167. The Morgan fingerprint density at radius 3 is 2.72 bits per heavy atom. The molecule has 3 heterocycles. The summed E-state index contributed by atoms with van der Waals surface area (Å²) in [5.41, 5.74) is 1.26. The van der Waals surface area contributed by atoms with Crippen molar-refractivity contribution in [3.05, 3.63) is 70.1 Å². The molecule has 1 unspecified atom stereocenters. The summed E-state index contributed by atoms with van der Waals surface area (Å²) in [6, 6.07) is 9.78. The molecule has 0 aliphatic carbocycles. The molecule has 0 spiro atoms. The summed E-state index contributed by atoms with van der Waals surface area (Å²) in [6.07, 6.45) is -0.565. The van der Waals surface area contributed by atoms with Crippen molar-refractivity contribution in [1.82, 2.24) is 9.97 Å². The number of nitrogens with zero attached hydrogens (tertiary/aromatic N) is 2. The Hall–Kier alpha value is -2.73. The van der Waals surface area contributed by atoms with Crippen molar-refractivity contribution in [2.75, 3.05) is 0 Å². The van der Waals surface area contributed by atoms with E-state index in [9.17, 15) is 9.18 Å². The number of halogens is 2. The lowest BCUT2D eigenvalue weighted by Gasteiger charge is -2.10. The Morgan fingerprint density at radius 1 is 1.20 bits per heavy atom.